The highest BCUT2D eigenvalue weighted by Crippen LogP contribution is 2.06. The van der Waals surface area contributed by atoms with Gasteiger partial charge in [0.1, 0.15) is 19.3 Å². The molecule has 0 rings (SSSR count). The van der Waals surface area contributed by atoms with E-state index < -0.39 is 18.2 Å². The molecule has 0 saturated heterocycles. The van der Waals surface area contributed by atoms with Crippen LogP contribution in [0.15, 0.2) is 72.9 Å². The maximum Gasteiger partial charge on any atom is 0.305 e. The summed E-state index contributed by atoms with van der Waals surface area (Å²) < 4.78 is 10.0. The van der Waals surface area contributed by atoms with Gasteiger partial charge in [0.15, 0.2) is 0 Å². The minimum Gasteiger partial charge on any atom is -0.463 e. The van der Waals surface area contributed by atoms with Gasteiger partial charge in [0.2, 0.25) is 0 Å². The lowest BCUT2D eigenvalue weighted by Crippen LogP contribution is -2.25. The van der Waals surface area contributed by atoms with Crippen LogP contribution in [-0.2, 0) is 19.1 Å². The quantitative estimate of drug-likeness (QED) is 0.0576. The van der Waals surface area contributed by atoms with Gasteiger partial charge in [-0.1, -0.05) is 112 Å². The number of hydrogen-bond acceptors (Lipinski definition) is 6. The summed E-state index contributed by atoms with van der Waals surface area (Å²) in [6, 6.07) is 0. The van der Waals surface area contributed by atoms with Crippen molar-refractivity contribution in [2.75, 3.05) is 13.2 Å². The standard InChI is InChI=1S/C33H52O6/c1-3-5-7-9-10-11-12-13-14-15-16-17-18-19-21-22-24-30(34)26-27-33(37)39-29-31(35)28-38-32(36)25-23-20-8-6-4-2/h5,7,10-11,13-14,16-17,19,21-22,24,30-31,34-35H,3-4,6,8-9,12,15,18,20,23,25-29H2,1-2H3/b7-5-,11-10-,14-13-,17-16-,21-19-,24-22-/t30?,31-/m1/s1. The van der Waals surface area contributed by atoms with E-state index in [0.717, 1.165) is 64.2 Å². The molecule has 0 aromatic heterocycles. The number of hydrogen-bond donors (Lipinski definition) is 2. The molecule has 0 bridgehead atoms. The summed E-state index contributed by atoms with van der Waals surface area (Å²) in [5.41, 5.74) is 0. The molecule has 0 radical (unpaired) electrons. The molecule has 0 heterocycles. The number of carbonyl (C=O) groups excluding carboxylic acids is 2. The van der Waals surface area contributed by atoms with Crippen molar-refractivity contribution in [3.05, 3.63) is 72.9 Å². The first-order valence-electron chi connectivity index (χ1n) is 14.6. The summed E-state index contributed by atoms with van der Waals surface area (Å²) in [5, 5.41) is 19.8. The number of aliphatic hydroxyl groups excluding tert-OH is 2. The third kappa shape index (κ3) is 28.1. The van der Waals surface area contributed by atoms with Gasteiger partial charge < -0.3 is 19.7 Å². The van der Waals surface area contributed by atoms with Gasteiger partial charge in [-0.2, -0.15) is 0 Å². The van der Waals surface area contributed by atoms with Crippen molar-refractivity contribution in [1.82, 2.24) is 0 Å². The molecule has 0 aromatic carbocycles. The van der Waals surface area contributed by atoms with Crippen molar-refractivity contribution in [1.29, 1.82) is 0 Å². The van der Waals surface area contributed by atoms with E-state index >= 15 is 0 Å². The minimum atomic E-state index is -1.06. The molecule has 220 valence electrons. The van der Waals surface area contributed by atoms with Gasteiger partial charge in [0, 0.05) is 12.8 Å². The van der Waals surface area contributed by atoms with E-state index in [1.54, 1.807) is 12.2 Å². The molecule has 6 nitrogen and oxygen atoms in total. The highest BCUT2D eigenvalue weighted by atomic mass is 16.6. The van der Waals surface area contributed by atoms with Gasteiger partial charge in [-0.3, -0.25) is 9.59 Å². The van der Waals surface area contributed by atoms with Crippen LogP contribution in [0, 0.1) is 0 Å². The Balaban J connectivity index is 3.82. The molecule has 2 atom stereocenters. The van der Waals surface area contributed by atoms with Crippen LogP contribution >= 0.6 is 0 Å². The molecule has 0 aliphatic heterocycles. The summed E-state index contributed by atoms with van der Waals surface area (Å²) in [7, 11) is 0. The summed E-state index contributed by atoms with van der Waals surface area (Å²) in [6.45, 7) is 3.83. The average molecular weight is 545 g/mol. The van der Waals surface area contributed by atoms with E-state index in [4.69, 9.17) is 9.47 Å². The lowest BCUT2D eigenvalue weighted by molar-refractivity contribution is -0.152. The highest BCUT2D eigenvalue weighted by molar-refractivity contribution is 5.69. The molecular formula is C33H52O6. The minimum absolute atomic E-state index is 0.0292. The van der Waals surface area contributed by atoms with Gasteiger partial charge in [0.25, 0.3) is 0 Å². The molecule has 2 N–H and O–H groups in total. The fourth-order valence-electron chi connectivity index (χ4n) is 3.31. The van der Waals surface area contributed by atoms with Crippen LogP contribution in [0.4, 0.5) is 0 Å². The second-order valence-corrected chi connectivity index (χ2v) is 9.34. The molecule has 0 saturated carbocycles. The molecule has 1 unspecified atom stereocenters. The van der Waals surface area contributed by atoms with Crippen molar-refractivity contribution in [3.8, 4) is 0 Å². The average Bonchev–Trinajstić information content (AvgIpc) is 2.93. The van der Waals surface area contributed by atoms with Gasteiger partial charge in [0.05, 0.1) is 6.10 Å². The smallest absolute Gasteiger partial charge is 0.305 e. The first kappa shape index (κ1) is 36.3. The molecule has 0 aromatic rings. The second-order valence-electron chi connectivity index (χ2n) is 9.34. The Hall–Kier alpha value is -2.70. The predicted octanol–water partition coefficient (Wildman–Crippen LogP) is 7.24. The Morgan fingerprint density at radius 1 is 0.641 bits per heavy atom. The van der Waals surface area contributed by atoms with Gasteiger partial charge >= 0.3 is 11.9 Å². The largest absolute Gasteiger partial charge is 0.463 e. The van der Waals surface area contributed by atoms with Crippen LogP contribution in [0.25, 0.3) is 0 Å². The Labute approximate surface area is 236 Å². The SMILES string of the molecule is CC/C=C\C/C=C\C/C=C\C/C=C\C/C=C\C=C/C(O)CCC(=O)OC[C@H](O)COC(=O)CCCCCCC. The van der Waals surface area contributed by atoms with Crippen LogP contribution in [-0.4, -0.2) is 47.6 Å². The zero-order valence-corrected chi connectivity index (χ0v) is 24.2. The van der Waals surface area contributed by atoms with Crippen LogP contribution < -0.4 is 0 Å². The monoisotopic (exact) mass is 544 g/mol. The van der Waals surface area contributed by atoms with E-state index in [0.29, 0.717) is 6.42 Å². The normalized spacial score (nSPS) is 14.1. The van der Waals surface area contributed by atoms with Crippen LogP contribution in [0.2, 0.25) is 0 Å². The summed E-state index contributed by atoms with van der Waals surface area (Å²) in [6.07, 6.45) is 33.2. The number of unbranched alkanes of at least 4 members (excludes halogenated alkanes) is 4. The molecule has 6 heteroatoms. The van der Waals surface area contributed by atoms with E-state index in [1.807, 2.05) is 12.2 Å². The van der Waals surface area contributed by atoms with Crippen molar-refractivity contribution < 1.29 is 29.3 Å². The van der Waals surface area contributed by atoms with Gasteiger partial charge in [-0.05, 0) is 44.9 Å². The van der Waals surface area contributed by atoms with Crippen molar-refractivity contribution in [2.24, 2.45) is 0 Å². The van der Waals surface area contributed by atoms with E-state index in [2.05, 4.69) is 62.5 Å². The third-order valence-corrected chi connectivity index (χ3v) is 5.57. The summed E-state index contributed by atoms with van der Waals surface area (Å²) in [4.78, 5) is 23.5. The molecule has 39 heavy (non-hydrogen) atoms. The Bertz CT molecular complexity index is 775. The Morgan fingerprint density at radius 2 is 1.15 bits per heavy atom. The number of aliphatic hydroxyl groups is 2. The highest BCUT2D eigenvalue weighted by Gasteiger charge is 2.13. The second kappa shape index (κ2) is 28.3. The predicted molar refractivity (Wildman–Crippen MR) is 160 cm³/mol. The van der Waals surface area contributed by atoms with Crippen LogP contribution in [0.1, 0.15) is 97.3 Å². The fourth-order valence-corrected chi connectivity index (χ4v) is 3.31. The van der Waals surface area contributed by atoms with Crippen LogP contribution in [0.3, 0.4) is 0 Å². The first-order chi connectivity index (χ1) is 19.0. The lowest BCUT2D eigenvalue weighted by Gasteiger charge is -2.12. The van der Waals surface area contributed by atoms with E-state index in [-0.39, 0.29) is 32.0 Å². The molecular weight excluding hydrogens is 492 g/mol. The third-order valence-electron chi connectivity index (χ3n) is 5.57. The van der Waals surface area contributed by atoms with Crippen LogP contribution in [0.5, 0.6) is 0 Å². The van der Waals surface area contributed by atoms with Gasteiger partial charge in [-0.25, -0.2) is 0 Å². The Morgan fingerprint density at radius 3 is 1.72 bits per heavy atom. The molecule has 0 aliphatic carbocycles. The van der Waals surface area contributed by atoms with Crippen molar-refractivity contribution in [3.63, 3.8) is 0 Å². The zero-order chi connectivity index (χ0) is 28.8. The summed E-state index contributed by atoms with van der Waals surface area (Å²) in [5.74, 6) is -0.863. The van der Waals surface area contributed by atoms with Gasteiger partial charge in [-0.15, -0.1) is 0 Å². The van der Waals surface area contributed by atoms with E-state index in [1.165, 1.54) is 0 Å². The number of ether oxygens (including phenoxy) is 2. The lowest BCUT2D eigenvalue weighted by atomic mass is 10.1. The van der Waals surface area contributed by atoms with Crippen molar-refractivity contribution in [2.45, 2.75) is 110 Å². The maximum atomic E-state index is 11.8. The van der Waals surface area contributed by atoms with E-state index in [9.17, 15) is 19.8 Å². The topological polar surface area (TPSA) is 93.1 Å². The number of carbonyl (C=O) groups is 2. The molecule has 0 amide bonds. The molecule has 0 spiro atoms. The molecule has 0 fully saturated rings. The first-order valence-corrected chi connectivity index (χ1v) is 14.6. The van der Waals surface area contributed by atoms with Crippen molar-refractivity contribution >= 4 is 11.9 Å². The Kier molecular flexibility index (Phi) is 26.4. The number of allylic oxidation sites excluding steroid dienone is 11. The number of rotatable bonds is 24. The maximum absolute atomic E-state index is 11.8. The zero-order valence-electron chi connectivity index (χ0n) is 24.2. The summed E-state index contributed by atoms with van der Waals surface area (Å²) >= 11 is 0. The number of esters is 2. The fraction of sp³-hybridized carbons (Fsp3) is 0.576. The molecule has 0 aliphatic rings.